The molecule has 0 aromatic rings. The van der Waals surface area contributed by atoms with E-state index in [1.54, 1.807) is 11.1 Å². The summed E-state index contributed by atoms with van der Waals surface area (Å²) in [5, 5.41) is 9.73. The van der Waals surface area contributed by atoms with Crippen LogP contribution in [0.1, 0.15) is 64.7 Å². The first-order valence-electron chi connectivity index (χ1n) is 8.76. The van der Waals surface area contributed by atoms with E-state index >= 15 is 0 Å². The molecule has 4 aliphatic carbocycles. The molecule has 4 rings (SSSR count). The van der Waals surface area contributed by atoms with E-state index < -0.39 is 0 Å². The molecule has 0 aliphatic heterocycles. The summed E-state index contributed by atoms with van der Waals surface area (Å²) in [6.45, 7) is 2.90. The lowest BCUT2D eigenvalue weighted by Gasteiger charge is -2.49. The first kappa shape index (κ1) is 13.1. The quantitative estimate of drug-likeness (QED) is 0.738. The van der Waals surface area contributed by atoms with Crippen LogP contribution in [0.2, 0.25) is 0 Å². The minimum Gasteiger partial charge on any atom is -0.396 e. The number of allylic oxidation sites excluding steroid dienone is 4. The second kappa shape index (κ2) is 4.73. The number of aliphatic hydroxyl groups excluding tert-OH is 1. The van der Waals surface area contributed by atoms with Crippen molar-refractivity contribution in [3.63, 3.8) is 0 Å². The van der Waals surface area contributed by atoms with Gasteiger partial charge in [-0.05, 0) is 92.1 Å². The third kappa shape index (κ3) is 1.71. The summed E-state index contributed by atoms with van der Waals surface area (Å²) < 4.78 is 0. The zero-order chi connectivity index (χ0) is 13.7. The second-order valence-corrected chi connectivity index (χ2v) is 7.84. The van der Waals surface area contributed by atoms with Gasteiger partial charge < -0.3 is 5.11 Å². The van der Waals surface area contributed by atoms with Gasteiger partial charge in [0.25, 0.3) is 0 Å². The highest BCUT2D eigenvalue weighted by Crippen LogP contribution is 2.61. The molecule has 0 saturated heterocycles. The fourth-order valence-electron chi connectivity index (χ4n) is 6.05. The lowest BCUT2D eigenvalue weighted by Crippen LogP contribution is -2.40. The molecule has 0 radical (unpaired) electrons. The summed E-state index contributed by atoms with van der Waals surface area (Å²) in [6, 6.07) is 0. The van der Waals surface area contributed by atoms with Crippen LogP contribution < -0.4 is 0 Å². The third-order valence-corrected chi connectivity index (χ3v) is 7.21. The zero-order valence-electron chi connectivity index (χ0n) is 12.8. The Morgan fingerprint density at radius 1 is 1.20 bits per heavy atom. The molecular formula is C19H28O. The van der Waals surface area contributed by atoms with Gasteiger partial charge in [0, 0.05) is 6.61 Å². The van der Waals surface area contributed by atoms with E-state index in [0.29, 0.717) is 17.9 Å². The molecule has 0 aromatic heterocycles. The van der Waals surface area contributed by atoms with Crippen LogP contribution in [0.4, 0.5) is 0 Å². The van der Waals surface area contributed by atoms with Crippen LogP contribution in [-0.2, 0) is 0 Å². The van der Waals surface area contributed by atoms with Crippen molar-refractivity contribution in [2.75, 3.05) is 6.61 Å². The molecule has 0 bridgehead atoms. The molecule has 110 valence electrons. The van der Waals surface area contributed by atoms with Crippen molar-refractivity contribution in [3.8, 4) is 0 Å². The molecule has 2 saturated carbocycles. The smallest absolute Gasteiger partial charge is 0.0464 e. The van der Waals surface area contributed by atoms with Gasteiger partial charge in [-0.3, -0.25) is 0 Å². The lowest BCUT2D eigenvalue weighted by atomic mass is 9.56. The van der Waals surface area contributed by atoms with Crippen molar-refractivity contribution >= 4 is 0 Å². The number of aliphatic hydroxyl groups is 1. The third-order valence-electron chi connectivity index (χ3n) is 7.21. The average Bonchev–Trinajstić information content (AvgIpc) is 2.83. The highest BCUT2D eigenvalue weighted by Gasteiger charge is 2.53. The Labute approximate surface area is 123 Å². The molecule has 0 amide bonds. The van der Waals surface area contributed by atoms with Crippen molar-refractivity contribution in [2.24, 2.45) is 23.2 Å². The SMILES string of the molecule is C[C@]12CCC3=C4CCCC=C4CC[C@H]3[C@H]1CC[C@H]2CO. The lowest BCUT2D eigenvalue weighted by molar-refractivity contribution is 0.0453. The first-order chi connectivity index (χ1) is 9.74. The van der Waals surface area contributed by atoms with Crippen molar-refractivity contribution in [1.82, 2.24) is 0 Å². The van der Waals surface area contributed by atoms with Crippen LogP contribution in [0, 0.1) is 23.2 Å². The number of hydrogen-bond donors (Lipinski definition) is 1. The van der Waals surface area contributed by atoms with Crippen molar-refractivity contribution in [1.29, 1.82) is 0 Å². The van der Waals surface area contributed by atoms with Crippen molar-refractivity contribution in [3.05, 3.63) is 22.8 Å². The summed E-state index contributed by atoms with van der Waals surface area (Å²) in [5.41, 5.74) is 5.77. The minimum absolute atomic E-state index is 0.413. The van der Waals surface area contributed by atoms with Gasteiger partial charge in [0.2, 0.25) is 0 Å². The maximum atomic E-state index is 9.73. The Morgan fingerprint density at radius 2 is 2.10 bits per heavy atom. The summed E-state index contributed by atoms with van der Waals surface area (Å²) in [4.78, 5) is 0. The maximum Gasteiger partial charge on any atom is 0.0464 e. The molecule has 4 aliphatic rings. The molecule has 20 heavy (non-hydrogen) atoms. The molecule has 1 N–H and O–H groups in total. The molecule has 0 unspecified atom stereocenters. The van der Waals surface area contributed by atoms with Crippen LogP contribution in [0.15, 0.2) is 22.8 Å². The topological polar surface area (TPSA) is 20.2 Å². The minimum atomic E-state index is 0.413. The Hall–Kier alpha value is -0.560. The van der Waals surface area contributed by atoms with Crippen LogP contribution >= 0.6 is 0 Å². The summed E-state index contributed by atoms with van der Waals surface area (Å²) in [5.74, 6) is 2.29. The monoisotopic (exact) mass is 272 g/mol. The molecule has 4 atom stereocenters. The Balaban J connectivity index is 1.71. The summed E-state index contributed by atoms with van der Waals surface area (Å²) in [7, 11) is 0. The van der Waals surface area contributed by atoms with E-state index in [9.17, 15) is 5.11 Å². The maximum absolute atomic E-state index is 9.73. The highest BCUT2D eigenvalue weighted by atomic mass is 16.3. The molecule has 0 spiro atoms. The van der Waals surface area contributed by atoms with Crippen LogP contribution in [0.5, 0.6) is 0 Å². The van der Waals surface area contributed by atoms with Gasteiger partial charge in [-0.15, -0.1) is 0 Å². The number of rotatable bonds is 1. The van der Waals surface area contributed by atoms with Crippen LogP contribution in [-0.4, -0.2) is 11.7 Å². The zero-order valence-corrected chi connectivity index (χ0v) is 12.8. The average molecular weight is 272 g/mol. The predicted molar refractivity (Wildman–Crippen MR) is 82.3 cm³/mol. The first-order valence-corrected chi connectivity index (χ1v) is 8.76. The Kier molecular flexibility index (Phi) is 3.10. The Bertz CT molecular complexity index is 472. The van der Waals surface area contributed by atoms with Gasteiger partial charge in [-0.1, -0.05) is 18.6 Å². The van der Waals surface area contributed by atoms with Crippen molar-refractivity contribution in [2.45, 2.75) is 64.7 Å². The van der Waals surface area contributed by atoms with E-state index in [1.807, 2.05) is 5.57 Å². The van der Waals surface area contributed by atoms with E-state index in [0.717, 1.165) is 11.8 Å². The Morgan fingerprint density at radius 3 is 2.95 bits per heavy atom. The predicted octanol–water partition coefficient (Wildman–Crippen LogP) is 4.62. The fraction of sp³-hybridized carbons (Fsp3) is 0.789. The van der Waals surface area contributed by atoms with Gasteiger partial charge in [0.05, 0.1) is 0 Å². The van der Waals surface area contributed by atoms with E-state index in [4.69, 9.17) is 0 Å². The fourth-order valence-corrected chi connectivity index (χ4v) is 6.05. The normalized spacial score (nSPS) is 43.7. The molecule has 1 heteroatoms. The van der Waals surface area contributed by atoms with Gasteiger partial charge >= 0.3 is 0 Å². The van der Waals surface area contributed by atoms with Gasteiger partial charge in [0.1, 0.15) is 0 Å². The van der Waals surface area contributed by atoms with E-state index in [-0.39, 0.29) is 0 Å². The van der Waals surface area contributed by atoms with Gasteiger partial charge in [-0.25, -0.2) is 0 Å². The van der Waals surface area contributed by atoms with Crippen LogP contribution in [0.25, 0.3) is 0 Å². The molecular weight excluding hydrogens is 244 g/mol. The highest BCUT2D eigenvalue weighted by molar-refractivity contribution is 5.42. The van der Waals surface area contributed by atoms with Crippen molar-refractivity contribution < 1.29 is 5.11 Å². The standard InChI is InChI=1S/C19H28O/c1-19-11-10-16-15-5-3-2-4-13(15)6-8-17(16)18(19)9-7-14(19)12-20/h4,14,17-18,20H,2-3,5-12H2,1H3/t14-,17+,18+,19+/m0/s1. The number of hydrogen-bond acceptors (Lipinski definition) is 1. The van der Waals surface area contributed by atoms with E-state index in [2.05, 4.69) is 13.0 Å². The van der Waals surface area contributed by atoms with Gasteiger partial charge in [-0.2, -0.15) is 0 Å². The molecule has 0 heterocycles. The molecule has 2 fully saturated rings. The number of fused-ring (bicyclic) bond motifs is 4. The van der Waals surface area contributed by atoms with Gasteiger partial charge in [0.15, 0.2) is 0 Å². The summed E-state index contributed by atoms with van der Waals surface area (Å²) >= 11 is 0. The second-order valence-electron chi connectivity index (χ2n) is 7.84. The summed E-state index contributed by atoms with van der Waals surface area (Å²) in [6.07, 6.45) is 14.6. The largest absolute Gasteiger partial charge is 0.396 e. The molecule has 1 nitrogen and oxygen atoms in total. The van der Waals surface area contributed by atoms with Crippen LogP contribution in [0.3, 0.4) is 0 Å². The molecule has 0 aromatic carbocycles. The van der Waals surface area contributed by atoms with E-state index in [1.165, 1.54) is 57.8 Å².